The molecular formula is C23H19ClN2O2. The number of nitrogens with zero attached hydrogens (tertiary/aromatic N) is 1. The first kappa shape index (κ1) is 18.3. The molecule has 0 spiro atoms. The molecule has 3 aromatic rings. The normalized spacial score (nSPS) is 13.0. The minimum atomic E-state index is -0.304. The van der Waals surface area contributed by atoms with Crippen LogP contribution in [0.2, 0.25) is 5.02 Å². The van der Waals surface area contributed by atoms with Crippen molar-refractivity contribution in [3.05, 3.63) is 94.5 Å². The van der Waals surface area contributed by atoms with E-state index in [0.717, 1.165) is 18.5 Å². The van der Waals surface area contributed by atoms with Crippen molar-refractivity contribution in [3.8, 4) is 0 Å². The number of nitrogens with one attached hydrogen (secondary N) is 1. The van der Waals surface area contributed by atoms with E-state index in [0.29, 0.717) is 28.4 Å². The van der Waals surface area contributed by atoms with E-state index in [2.05, 4.69) is 11.4 Å². The highest BCUT2D eigenvalue weighted by atomic mass is 35.5. The number of para-hydroxylation sites is 2. The first-order valence-corrected chi connectivity index (χ1v) is 9.57. The van der Waals surface area contributed by atoms with Crippen LogP contribution in [-0.4, -0.2) is 18.4 Å². The molecule has 0 radical (unpaired) electrons. The van der Waals surface area contributed by atoms with E-state index in [4.69, 9.17) is 11.6 Å². The predicted molar refractivity (Wildman–Crippen MR) is 112 cm³/mol. The van der Waals surface area contributed by atoms with E-state index in [9.17, 15) is 9.59 Å². The largest absolute Gasteiger partial charge is 0.321 e. The Labute approximate surface area is 168 Å². The molecule has 3 aromatic carbocycles. The van der Waals surface area contributed by atoms with Crippen molar-refractivity contribution in [2.24, 2.45) is 0 Å². The van der Waals surface area contributed by atoms with Crippen LogP contribution in [0.1, 0.15) is 32.7 Å². The molecule has 0 aromatic heterocycles. The minimum absolute atomic E-state index is 0.0976. The van der Waals surface area contributed by atoms with Gasteiger partial charge in [-0.05, 0) is 54.8 Å². The van der Waals surface area contributed by atoms with Crippen LogP contribution < -0.4 is 10.2 Å². The molecular weight excluding hydrogens is 372 g/mol. The van der Waals surface area contributed by atoms with Crippen molar-refractivity contribution in [1.82, 2.24) is 0 Å². The third-order valence-electron chi connectivity index (χ3n) is 4.85. The molecule has 4 nitrogen and oxygen atoms in total. The number of hydrogen-bond donors (Lipinski definition) is 1. The summed E-state index contributed by atoms with van der Waals surface area (Å²) in [6.07, 6.45) is 1.90. The molecule has 5 heteroatoms. The van der Waals surface area contributed by atoms with E-state index < -0.39 is 0 Å². The Bertz CT molecular complexity index is 1050. The van der Waals surface area contributed by atoms with E-state index in [-0.39, 0.29) is 11.8 Å². The molecule has 0 bridgehead atoms. The van der Waals surface area contributed by atoms with Gasteiger partial charge in [0.1, 0.15) is 0 Å². The molecule has 1 N–H and O–H groups in total. The number of carbonyl (C=O) groups excluding carboxylic acids is 2. The number of benzene rings is 3. The van der Waals surface area contributed by atoms with Gasteiger partial charge in [-0.15, -0.1) is 0 Å². The van der Waals surface area contributed by atoms with Crippen molar-refractivity contribution in [2.75, 3.05) is 16.8 Å². The van der Waals surface area contributed by atoms with E-state index in [1.165, 1.54) is 5.56 Å². The van der Waals surface area contributed by atoms with Crippen LogP contribution in [0.4, 0.5) is 11.4 Å². The Morgan fingerprint density at radius 3 is 2.50 bits per heavy atom. The van der Waals surface area contributed by atoms with Crippen LogP contribution in [0.5, 0.6) is 0 Å². The van der Waals surface area contributed by atoms with Gasteiger partial charge in [-0.25, -0.2) is 0 Å². The van der Waals surface area contributed by atoms with Crippen LogP contribution in [-0.2, 0) is 6.42 Å². The zero-order valence-electron chi connectivity index (χ0n) is 15.2. The van der Waals surface area contributed by atoms with Gasteiger partial charge >= 0.3 is 0 Å². The van der Waals surface area contributed by atoms with Gasteiger partial charge in [0.25, 0.3) is 11.8 Å². The van der Waals surface area contributed by atoms with Crippen LogP contribution in [0.3, 0.4) is 0 Å². The number of halogens is 1. The Hall–Kier alpha value is -3.11. The highest BCUT2D eigenvalue weighted by molar-refractivity contribution is 6.33. The molecule has 0 saturated carbocycles. The van der Waals surface area contributed by atoms with Gasteiger partial charge in [0.15, 0.2) is 0 Å². The molecule has 1 heterocycles. The second-order valence-corrected chi connectivity index (χ2v) is 7.11. The smallest absolute Gasteiger partial charge is 0.258 e. The molecule has 0 unspecified atom stereocenters. The number of aryl methyl sites for hydroxylation is 1. The molecule has 0 atom stereocenters. The average Bonchev–Trinajstić information content (AvgIpc) is 2.74. The summed E-state index contributed by atoms with van der Waals surface area (Å²) >= 11 is 6.11. The molecule has 140 valence electrons. The summed E-state index contributed by atoms with van der Waals surface area (Å²) in [6.45, 7) is 0.673. The van der Waals surface area contributed by atoms with Crippen LogP contribution in [0.25, 0.3) is 0 Å². The number of carbonyl (C=O) groups is 2. The Morgan fingerprint density at radius 2 is 1.64 bits per heavy atom. The SMILES string of the molecule is O=C(Nc1ccccc1Cl)c1cccc(C(=O)N2CCCc3ccccc32)c1. The molecule has 2 amide bonds. The topological polar surface area (TPSA) is 49.4 Å². The number of fused-ring (bicyclic) bond motifs is 1. The number of rotatable bonds is 3. The first-order chi connectivity index (χ1) is 13.6. The fourth-order valence-electron chi connectivity index (χ4n) is 3.45. The summed E-state index contributed by atoms with van der Waals surface area (Å²) in [4.78, 5) is 27.5. The monoisotopic (exact) mass is 390 g/mol. The highest BCUT2D eigenvalue weighted by Crippen LogP contribution is 2.28. The van der Waals surface area contributed by atoms with Crippen molar-refractivity contribution in [2.45, 2.75) is 12.8 Å². The zero-order chi connectivity index (χ0) is 19.5. The lowest BCUT2D eigenvalue weighted by Gasteiger charge is -2.29. The van der Waals surface area contributed by atoms with E-state index in [1.807, 2.05) is 18.2 Å². The summed E-state index contributed by atoms with van der Waals surface area (Å²) < 4.78 is 0. The number of anilines is 2. The third kappa shape index (κ3) is 3.64. The van der Waals surface area contributed by atoms with Gasteiger partial charge in [0.2, 0.25) is 0 Å². The van der Waals surface area contributed by atoms with Gasteiger partial charge in [-0.3, -0.25) is 9.59 Å². The summed E-state index contributed by atoms with van der Waals surface area (Å²) in [5, 5.41) is 3.26. The van der Waals surface area contributed by atoms with Crippen molar-refractivity contribution in [1.29, 1.82) is 0 Å². The molecule has 28 heavy (non-hydrogen) atoms. The van der Waals surface area contributed by atoms with E-state index in [1.54, 1.807) is 53.4 Å². The molecule has 4 rings (SSSR count). The standard InChI is InChI=1S/C23H19ClN2O2/c24-19-11-2-3-12-20(19)25-22(27)17-8-5-9-18(15-17)23(28)26-14-6-10-16-7-1-4-13-21(16)26/h1-5,7-9,11-13,15H,6,10,14H2,(H,25,27). The first-order valence-electron chi connectivity index (χ1n) is 9.19. The molecule has 1 aliphatic rings. The molecule has 0 saturated heterocycles. The molecule has 0 fully saturated rings. The van der Waals surface area contributed by atoms with Crippen LogP contribution >= 0.6 is 11.6 Å². The lowest BCUT2D eigenvalue weighted by molar-refractivity contribution is 0.0985. The van der Waals surface area contributed by atoms with Gasteiger partial charge in [-0.2, -0.15) is 0 Å². The Morgan fingerprint density at radius 1 is 0.893 bits per heavy atom. The van der Waals surface area contributed by atoms with Crippen molar-refractivity contribution < 1.29 is 9.59 Å². The Balaban J connectivity index is 1.58. The van der Waals surface area contributed by atoms with Crippen molar-refractivity contribution in [3.63, 3.8) is 0 Å². The van der Waals surface area contributed by atoms with Gasteiger partial charge in [0.05, 0.1) is 10.7 Å². The van der Waals surface area contributed by atoms with Gasteiger partial charge in [-0.1, -0.05) is 48.0 Å². The molecule has 1 aliphatic heterocycles. The maximum absolute atomic E-state index is 13.1. The lowest BCUT2D eigenvalue weighted by atomic mass is 10.0. The fraction of sp³-hybridized carbons (Fsp3) is 0.130. The highest BCUT2D eigenvalue weighted by Gasteiger charge is 2.23. The predicted octanol–water partition coefficient (Wildman–Crippen LogP) is 5.19. The average molecular weight is 391 g/mol. The van der Waals surface area contributed by atoms with Crippen LogP contribution in [0, 0.1) is 0 Å². The van der Waals surface area contributed by atoms with Crippen LogP contribution in [0.15, 0.2) is 72.8 Å². The fourth-order valence-corrected chi connectivity index (χ4v) is 3.63. The van der Waals surface area contributed by atoms with Gasteiger partial charge in [0, 0.05) is 23.4 Å². The maximum Gasteiger partial charge on any atom is 0.258 e. The van der Waals surface area contributed by atoms with Gasteiger partial charge < -0.3 is 10.2 Å². The number of hydrogen-bond acceptors (Lipinski definition) is 2. The molecule has 0 aliphatic carbocycles. The lowest BCUT2D eigenvalue weighted by Crippen LogP contribution is -2.35. The zero-order valence-corrected chi connectivity index (χ0v) is 15.9. The van der Waals surface area contributed by atoms with Crippen molar-refractivity contribution >= 4 is 34.8 Å². The quantitative estimate of drug-likeness (QED) is 0.669. The summed E-state index contributed by atoms with van der Waals surface area (Å²) in [5.41, 5.74) is 3.56. The third-order valence-corrected chi connectivity index (χ3v) is 5.18. The minimum Gasteiger partial charge on any atom is -0.321 e. The maximum atomic E-state index is 13.1. The summed E-state index contributed by atoms with van der Waals surface area (Å²) in [5.74, 6) is -0.402. The summed E-state index contributed by atoms with van der Waals surface area (Å²) in [6, 6.07) is 21.8. The summed E-state index contributed by atoms with van der Waals surface area (Å²) in [7, 11) is 0. The second kappa shape index (κ2) is 7.87. The Kier molecular flexibility index (Phi) is 5.13. The van der Waals surface area contributed by atoms with E-state index >= 15 is 0 Å². The second-order valence-electron chi connectivity index (χ2n) is 6.70. The number of amides is 2.